The number of aliphatic hydroxyl groups is 1. The summed E-state index contributed by atoms with van der Waals surface area (Å²) in [5, 5.41) is 10.9. The molecule has 0 radical (unpaired) electrons. The first-order valence-corrected chi connectivity index (χ1v) is 10.8. The zero-order valence-electron chi connectivity index (χ0n) is 14.4. The topological polar surface area (TPSA) is 42.0 Å². The molecule has 0 spiro atoms. The molecule has 1 saturated carbocycles. The highest BCUT2D eigenvalue weighted by Crippen LogP contribution is 2.56. The predicted molar refractivity (Wildman–Crippen MR) is 84.4 cm³/mol. The zero-order valence-corrected chi connectivity index (χ0v) is 15.4. The monoisotopic (exact) mass is 300 g/mol. The van der Waals surface area contributed by atoms with Crippen molar-refractivity contribution in [1.82, 2.24) is 0 Å². The molecule has 118 valence electrons. The second-order valence-corrected chi connectivity index (χ2v) is 13.6. The Hall–Kier alpha value is 0.0969. The smallest absolute Gasteiger partial charge is 0.192 e. The number of hydrogen-bond donors (Lipinski definition) is 1. The molecule has 3 nitrogen and oxygen atoms in total. The van der Waals surface area contributed by atoms with Crippen LogP contribution in [0.3, 0.4) is 0 Å². The highest BCUT2D eigenvalue weighted by molar-refractivity contribution is 6.74. The Morgan fingerprint density at radius 2 is 1.80 bits per heavy atom. The van der Waals surface area contributed by atoms with Crippen LogP contribution in [0.5, 0.6) is 0 Å². The number of hydrogen-bond acceptors (Lipinski definition) is 3. The van der Waals surface area contributed by atoms with E-state index in [-0.39, 0.29) is 22.8 Å². The molecule has 0 aromatic carbocycles. The third kappa shape index (κ3) is 2.60. The zero-order chi connectivity index (χ0) is 15.6. The molecule has 1 aliphatic carbocycles. The molecule has 1 heterocycles. The fraction of sp³-hybridized carbons (Fsp3) is 1.00. The molecule has 20 heavy (non-hydrogen) atoms. The van der Waals surface area contributed by atoms with E-state index < -0.39 is 13.9 Å². The molecule has 4 heteroatoms. The molecule has 2 rings (SSSR count). The lowest BCUT2D eigenvalue weighted by atomic mass is 9.73. The van der Waals surface area contributed by atoms with Crippen LogP contribution in [-0.2, 0) is 9.16 Å². The van der Waals surface area contributed by atoms with E-state index in [1.165, 1.54) is 0 Å². The number of fused-ring (bicyclic) bond motifs is 1. The van der Waals surface area contributed by atoms with Crippen molar-refractivity contribution in [2.45, 2.75) is 95.9 Å². The van der Waals surface area contributed by atoms with Crippen molar-refractivity contribution in [2.24, 2.45) is 5.92 Å². The Kier molecular flexibility index (Phi) is 3.74. The molecule has 0 aromatic heterocycles. The normalized spacial score (nSPS) is 41.7. The van der Waals surface area contributed by atoms with Gasteiger partial charge in [-0.15, -0.1) is 0 Å². The van der Waals surface area contributed by atoms with Crippen molar-refractivity contribution < 1.29 is 14.3 Å². The van der Waals surface area contributed by atoms with Crippen molar-refractivity contribution >= 4 is 8.32 Å². The third-order valence-corrected chi connectivity index (χ3v) is 10.4. The van der Waals surface area contributed by atoms with Gasteiger partial charge >= 0.3 is 0 Å². The molecule has 2 fully saturated rings. The first-order chi connectivity index (χ1) is 8.82. The molecule has 0 unspecified atom stereocenters. The molecule has 0 amide bonds. The fourth-order valence-electron chi connectivity index (χ4n) is 3.09. The molecular weight excluding hydrogens is 268 g/mol. The van der Waals surface area contributed by atoms with E-state index in [1.54, 1.807) is 0 Å². The maximum atomic E-state index is 10.8. The highest BCUT2D eigenvalue weighted by atomic mass is 28.4. The van der Waals surface area contributed by atoms with Gasteiger partial charge in [-0.05, 0) is 31.0 Å². The predicted octanol–water partition coefficient (Wildman–Crippen LogP) is 3.72. The summed E-state index contributed by atoms with van der Waals surface area (Å²) in [7, 11) is -1.88. The van der Waals surface area contributed by atoms with Crippen molar-refractivity contribution in [3.05, 3.63) is 0 Å². The minimum Gasteiger partial charge on any atom is -0.411 e. The Labute approximate surface area is 125 Å². The van der Waals surface area contributed by atoms with Crippen LogP contribution in [0, 0.1) is 5.92 Å². The molecule has 1 N–H and O–H groups in total. The maximum absolute atomic E-state index is 10.8. The summed E-state index contributed by atoms with van der Waals surface area (Å²) in [6.45, 7) is 17.6. The van der Waals surface area contributed by atoms with Crippen molar-refractivity contribution in [3.8, 4) is 0 Å². The Morgan fingerprint density at radius 1 is 1.25 bits per heavy atom. The molecule has 0 aromatic rings. The Bertz CT molecular complexity index is 384. The van der Waals surface area contributed by atoms with Gasteiger partial charge in [-0.3, -0.25) is 0 Å². The first-order valence-electron chi connectivity index (χ1n) is 7.90. The summed E-state index contributed by atoms with van der Waals surface area (Å²) >= 11 is 0. The third-order valence-electron chi connectivity index (χ3n) is 5.87. The van der Waals surface area contributed by atoms with Gasteiger partial charge in [0.25, 0.3) is 0 Å². The van der Waals surface area contributed by atoms with Gasteiger partial charge in [-0.1, -0.05) is 34.6 Å². The fourth-order valence-corrected chi connectivity index (χ4v) is 4.49. The molecule has 1 saturated heterocycles. The van der Waals surface area contributed by atoms with E-state index in [9.17, 15) is 5.11 Å². The van der Waals surface area contributed by atoms with Crippen molar-refractivity contribution in [1.29, 1.82) is 0 Å². The number of rotatable bonds is 3. The van der Waals surface area contributed by atoms with Crippen LogP contribution in [0.25, 0.3) is 0 Å². The lowest BCUT2D eigenvalue weighted by Crippen LogP contribution is -2.56. The van der Waals surface area contributed by atoms with Gasteiger partial charge < -0.3 is 14.3 Å². The van der Waals surface area contributed by atoms with E-state index in [1.807, 2.05) is 6.92 Å². The Morgan fingerprint density at radius 3 is 2.25 bits per heavy atom. The van der Waals surface area contributed by atoms with E-state index in [0.717, 1.165) is 6.42 Å². The SMILES string of the molecule is CC(C)[C@@]12C[C@@H](O[Si](C)(C)C(C)(C)C)[C@@](C)(O)C[C@@H]1O2. The van der Waals surface area contributed by atoms with Crippen LogP contribution in [0.2, 0.25) is 18.1 Å². The average molecular weight is 301 g/mol. The molecule has 0 bridgehead atoms. The van der Waals surface area contributed by atoms with Crippen LogP contribution in [0.15, 0.2) is 0 Å². The summed E-state index contributed by atoms with van der Waals surface area (Å²) in [6, 6.07) is 0. The van der Waals surface area contributed by atoms with Crippen LogP contribution < -0.4 is 0 Å². The molecule has 2 aliphatic rings. The summed E-state index contributed by atoms with van der Waals surface area (Å²) in [6.07, 6.45) is 1.64. The molecule has 4 atom stereocenters. The van der Waals surface area contributed by atoms with E-state index in [2.05, 4.69) is 47.7 Å². The van der Waals surface area contributed by atoms with Crippen LogP contribution >= 0.6 is 0 Å². The summed E-state index contributed by atoms with van der Waals surface area (Å²) in [5.41, 5.74) is -0.815. The molecule has 1 aliphatic heterocycles. The van der Waals surface area contributed by atoms with Gasteiger partial charge in [-0.2, -0.15) is 0 Å². The van der Waals surface area contributed by atoms with Crippen LogP contribution in [-0.4, -0.2) is 36.8 Å². The Balaban J connectivity index is 2.17. The van der Waals surface area contributed by atoms with Gasteiger partial charge in [0.05, 0.1) is 23.4 Å². The minimum absolute atomic E-state index is 0.0464. The first kappa shape index (κ1) is 16.5. The van der Waals surface area contributed by atoms with Crippen LogP contribution in [0.4, 0.5) is 0 Å². The largest absolute Gasteiger partial charge is 0.411 e. The lowest BCUT2D eigenvalue weighted by Gasteiger charge is -2.46. The van der Waals surface area contributed by atoms with Gasteiger partial charge in [0.2, 0.25) is 0 Å². The highest BCUT2D eigenvalue weighted by Gasteiger charge is 2.66. The van der Waals surface area contributed by atoms with E-state index in [0.29, 0.717) is 12.3 Å². The summed E-state index contributed by atoms with van der Waals surface area (Å²) in [5.74, 6) is 0.481. The summed E-state index contributed by atoms with van der Waals surface area (Å²) in [4.78, 5) is 0. The average Bonchev–Trinajstić information content (AvgIpc) is 2.88. The maximum Gasteiger partial charge on any atom is 0.192 e. The second kappa shape index (κ2) is 4.54. The van der Waals surface area contributed by atoms with E-state index in [4.69, 9.17) is 9.16 Å². The van der Waals surface area contributed by atoms with Gasteiger partial charge in [0.15, 0.2) is 8.32 Å². The minimum atomic E-state index is -1.88. The van der Waals surface area contributed by atoms with Crippen molar-refractivity contribution in [2.75, 3.05) is 0 Å². The van der Waals surface area contributed by atoms with E-state index >= 15 is 0 Å². The second-order valence-electron chi connectivity index (χ2n) is 8.85. The quantitative estimate of drug-likeness (QED) is 0.638. The lowest BCUT2D eigenvalue weighted by molar-refractivity contribution is -0.0825. The molecular formula is C16H32O3Si. The van der Waals surface area contributed by atoms with Crippen molar-refractivity contribution in [3.63, 3.8) is 0 Å². The van der Waals surface area contributed by atoms with Gasteiger partial charge in [0, 0.05) is 12.8 Å². The van der Waals surface area contributed by atoms with Gasteiger partial charge in [0.1, 0.15) is 0 Å². The summed E-state index contributed by atoms with van der Waals surface area (Å²) < 4.78 is 12.5. The number of epoxide rings is 1. The standard InChI is InChI=1S/C16H32O3Si/c1-11(2)16-10-12(15(6,17)9-13(16)18-16)19-20(7,8)14(3,4)5/h11-13,17H,9-10H2,1-8H3/t12-,13+,15+,16+/m1/s1. The number of ether oxygens (including phenoxy) is 1. The van der Waals surface area contributed by atoms with Crippen LogP contribution in [0.1, 0.15) is 54.4 Å². The van der Waals surface area contributed by atoms with Gasteiger partial charge in [-0.25, -0.2) is 0 Å².